The lowest BCUT2D eigenvalue weighted by Gasteiger charge is -2.34. The van der Waals surface area contributed by atoms with Crippen molar-refractivity contribution < 1.29 is 14.3 Å². The number of hydrogen-bond donors (Lipinski definition) is 1. The molecule has 1 aliphatic carbocycles. The van der Waals surface area contributed by atoms with Crippen molar-refractivity contribution in [3.05, 3.63) is 28.8 Å². The normalized spacial score (nSPS) is 22.5. The maximum atomic E-state index is 12.7. The highest BCUT2D eigenvalue weighted by Gasteiger charge is 2.33. The number of aryl methyl sites for hydroxylation is 2. The maximum Gasteiger partial charge on any atom is 0.225 e. The summed E-state index contributed by atoms with van der Waals surface area (Å²) in [6, 6.07) is 4.24. The summed E-state index contributed by atoms with van der Waals surface area (Å²) >= 11 is 0. The molecule has 6 heteroatoms. The molecule has 1 aromatic carbocycles. The largest absolute Gasteiger partial charge is 0.491 e. The van der Waals surface area contributed by atoms with E-state index < -0.39 is 0 Å². The molecular formula is C20H33ClN2O3. The topological polar surface area (TPSA) is 64.8 Å². The second kappa shape index (κ2) is 10.1. The van der Waals surface area contributed by atoms with E-state index in [0.717, 1.165) is 24.2 Å². The number of ether oxygens (including phenoxy) is 2. The molecule has 0 aromatic heterocycles. The van der Waals surface area contributed by atoms with E-state index in [1.54, 1.807) is 12.0 Å². The molecule has 5 nitrogen and oxygen atoms in total. The van der Waals surface area contributed by atoms with Gasteiger partial charge in [0.05, 0.1) is 12.6 Å². The Morgan fingerprint density at radius 2 is 1.96 bits per heavy atom. The highest BCUT2D eigenvalue weighted by molar-refractivity contribution is 5.85. The average Bonchev–Trinajstić information content (AvgIpc) is 2.58. The number of nitrogens with zero attached hydrogens (tertiary/aromatic N) is 1. The van der Waals surface area contributed by atoms with Gasteiger partial charge in [0, 0.05) is 26.1 Å². The van der Waals surface area contributed by atoms with Gasteiger partial charge in [-0.3, -0.25) is 4.79 Å². The van der Waals surface area contributed by atoms with Crippen molar-refractivity contribution >= 4 is 18.3 Å². The molecule has 26 heavy (non-hydrogen) atoms. The van der Waals surface area contributed by atoms with E-state index in [9.17, 15) is 4.79 Å². The Bertz CT molecular complexity index is 609. The molecule has 0 saturated heterocycles. The molecule has 2 N–H and O–H groups in total. The lowest BCUT2D eigenvalue weighted by atomic mass is 9.83. The SMILES string of the molecule is CO[C@@H]1C[C@@H](C(=O)N(C)CCOc2cc(C)cc(C)c2C)CC[C@H]1N.Cl. The lowest BCUT2D eigenvalue weighted by Crippen LogP contribution is -2.46. The van der Waals surface area contributed by atoms with Gasteiger partial charge in [-0.2, -0.15) is 0 Å². The zero-order chi connectivity index (χ0) is 18.6. The Hall–Kier alpha value is -1.30. The Morgan fingerprint density at radius 3 is 2.62 bits per heavy atom. The fourth-order valence-corrected chi connectivity index (χ4v) is 3.51. The van der Waals surface area contributed by atoms with Crippen LogP contribution in [0, 0.1) is 26.7 Å². The number of hydrogen-bond acceptors (Lipinski definition) is 4. The molecule has 0 radical (unpaired) electrons. The highest BCUT2D eigenvalue weighted by atomic mass is 35.5. The van der Waals surface area contributed by atoms with Crippen molar-refractivity contribution in [3.63, 3.8) is 0 Å². The van der Waals surface area contributed by atoms with Gasteiger partial charge in [0.25, 0.3) is 0 Å². The average molecular weight is 385 g/mol. The number of carbonyl (C=O) groups excluding carboxylic acids is 1. The summed E-state index contributed by atoms with van der Waals surface area (Å²) in [4.78, 5) is 14.4. The monoisotopic (exact) mass is 384 g/mol. The first kappa shape index (κ1) is 22.7. The first-order valence-corrected chi connectivity index (χ1v) is 9.07. The molecule has 1 aromatic rings. The quantitative estimate of drug-likeness (QED) is 0.818. The van der Waals surface area contributed by atoms with Gasteiger partial charge in [-0.05, 0) is 62.8 Å². The smallest absolute Gasteiger partial charge is 0.225 e. The molecule has 1 saturated carbocycles. The standard InChI is InChI=1S/C20H32N2O3.ClH/c1-13-10-14(2)15(3)18(11-13)25-9-8-22(4)20(23)16-6-7-17(21)19(12-16)24-5;/h10-11,16-17,19H,6-9,12,21H2,1-5H3;1H/t16-,17+,19+;/m0./s1. The van der Waals surface area contributed by atoms with Crippen molar-refractivity contribution in [2.45, 2.75) is 52.2 Å². The second-order valence-corrected chi connectivity index (χ2v) is 7.26. The molecule has 1 fully saturated rings. The van der Waals surface area contributed by atoms with Gasteiger partial charge in [-0.15, -0.1) is 12.4 Å². The van der Waals surface area contributed by atoms with Crippen LogP contribution in [-0.4, -0.2) is 50.3 Å². The Morgan fingerprint density at radius 1 is 1.27 bits per heavy atom. The van der Waals surface area contributed by atoms with Crippen molar-refractivity contribution in [2.24, 2.45) is 11.7 Å². The number of nitrogens with two attached hydrogens (primary N) is 1. The third-order valence-corrected chi connectivity index (χ3v) is 5.32. The van der Waals surface area contributed by atoms with Gasteiger partial charge in [-0.25, -0.2) is 0 Å². The molecular weight excluding hydrogens is 352 g/mol. The summed E-state index contributed by atoms with van der Waals surface area (Å²) in [5.41, 5.74) is 9.61. The van der Waals surface area contributed by atoms with Crippen LogP contribution < -0.4 is 10.5 Å². The summed E-state index contributed by atoms with van der Waals surface area (Å²) in [6.07, 6.45) is 2.35. The first-order chi connectivity index (χ1) is 11.8. The lowest BCUT2D eigenvalue weighted by molar-refractivity contribution is -0.137. The number of amides is 1. The summed E-state index contributed by atoms with van der Waals surface area (Å²) in [5.74, 6) is 1.06. The van der Waals surface area contributed by atoms with Gasteiger partial charge in [0.15, 0.2) is 0 Å². The van der Waals surface area contributed by atoms with Gasteiger partial charge in [0.1, 0.15) is 12.4 Å². The van der Waals surface area contributed by atoms with Crippen LogP contribution in [-0.2, 0) is 9.53 Å². The molecule has 0 bridgehead atoms. The molecule has 2 rings (SSSR count). The molecule has 1 amide bonds. The van der Waals surface area contributed by atoms with E-state index in [2.05, 4.69) is 32.9 Å². The van der Waals surface area contributed by atoms with E-state index in [1.165, 1.54) is 11.1 Å². The van der Waals surface area contributed by atoms with E-state index in [4.69, 9.17) is 15.2 Å². The summed E-state index contributed by atoms with van der Waals surface area (Å²) in [7, 11) is 3.51. The van der Waals surface area contributed by atoms with Gasteiger partial charge >= 0.3 is 0 Å². The molecule has 0 heterocycles. The molecule has 3 atom stereocenters. The second-order valence-electron chi connectivity index (χ2n) is 7.26. The fraction of sp³-hybridized carbons (Fsp3) is 0.650. The molecule has 148 valence electrons. The van der Waals surface area contributed by atoms with E-state index in [0.29, 0.717) is 19.6 Å². The van der Waals surface area contributed by atoms with Crippen LogP contribution in [0.5, 0.6) is 5.75 Å². The van der Waals surface area contributed by atoms with Crippen molar-refractivity contribution in [3.8, 4) is 5.75 Å². The maximum absolute atomic E-state index is 12.7. The number of rotatable bonds is 6. The number of likely N-dealkylation sites (N-methyl/N-ethyl adjacent to an activating group) is 1. The van der Waals surface area contributed by atoms with Gasteiger partial charge in [0.2, 0.25) is 5.91 Å². The van der Waals surface area contributed by atoms with E-state index >= 15 is 0 Å². The Labute approximate surface area is 163 Å². The third kappa shape index (κ3) is 5.60. The Balaban J connectivity index is 0.00000338. The first-order valence-electron chi connectivity index (χ1n) is 9.07. The number of methoxy groups -OCH3 is 1. The predicted molar refractivity (Wildman–Crippen MR) is 107 cm³/mol. The van der Waals surface area contributed by atoms with Crippen LogP contribution in [0.3, 0.4) is 0 Å². The van der Waals surface area contributed by atoms with E-state index in [-0.39, 0.29) is 36.4 Å². The van der Waals surface area contributed by atoms with Crippen LogP contribution in [0.15, 0.2) is 12.1 Å². The van der Waals surface area contributed by atoms with Gasteiger partial charge in [-0.1, -0.05) is 6.07 Å². The highest BCUT2D eigenvalue weighted by Crippen LogP contribution is 2.27. The van der Waals surface area contributed by atoms with Crippen LogP contribution >= 0.6 is 12.4 Å². The summed E-state index contributed by atoms with van der Waals surface area (Å²) in [5, 5.41) is 0. The number of halogens is 1. The van der Waals surface area contributed by atoms with Gasteiger partial charge < -0.3 is 20.1 Å². The van der Waals surface area contributed by atoms with Crippen LogP contribution in [0.4, 0.5) is 0 Å². The van der Waals surface area contributed by atoms with Crippen molar-refractivity contribution in [1.82, 2.24) is 4.90 Å². The number of benzene rings is 1. The summed E-state index contributed by atoms with van der Waals surface area (Å²) < 4.78 is 11.3. The van der Waals surface area contributed by atoms with Crippen molar-refractivity contribution in [1.29, 1.82) is 0 Å². The molecule has 0 spiro atoms. The molecule has 0 unspecified atom stereocenters. The Kier molecular flexibility index (Phi) is 8.87. The minimum Gasteiger partial charge on any atom is -0.491 e. The van der Waals surface area contributed by atoms with Crippen LogP contribution in [0.1, 0.15) is 36.0 Å². The number of carbonyl (C=O) groups is 1. The molecule has 0 aliphatic heterocycles. The minimum atomic E-state index is -0.0229. The predicted octanol–water partition coefficient (Wildman–Crippen LogP) is 3.01. The van der Waals surface area contributed by atoms with Crippen LogP contribution in [0.25, 0.3) is 0 Å². The third-order valence-electron chi connectivity index (χ3n) is 5.32. The molecule has 1 aliphatic rings. The zero-order valence-electron chi connectivity index (χ0n) is 16.6. The van der Waals surface area contributed by atoms with Crippen molar-refractivity contribution in [2.75, 3.05) is 27.3 Å². The van der Waals surface area contributed by atoms with Crippen LogP contribution in [0.2, 0.25) is 0 Å². The zero-order valence-corrected chi connectivity index (χ0v) is 17.4. The minimum absolute atomic E-state index is 0. The van der Waals surface area contributed by atoms with E-state index in [1.807, 2.05) is 7.05 Å². The summed E-state index contributed by atoms with van der Waals surface area (Å²) in [6.45, 7) is 7.28. The fourth-order valence-electron chi connectivity index (χ4n) is 3.51.